The number of rotatable bonds is 46. The standard InChI is InChI=1S/C51H92NO8P/c1-3-5-7-9-11-13-15-17-19-21-22-23-24-25-26-28-30-32-34-36-38-40-42-44-51(55)58-47-49(53)48-60-61(56,57)59-46-45-52-50(54)43-41-39-37-35-33-31-29-27-20-18-16-14-12-10-8-6-4-2/h6,8,11-14,17-20,49,53H,3-5,7,9-10,15-16,21-48H2,1-2H3,(H,52,54)(H,56,57)/b8-6-,13-11-,14-12-,19-17-,20-18-. The number of carbonyl (C=O) groups is 2. The van der Waals surface area contributed by atoms with Crippen LogP contribution in [0.15, 0.2) is 60.8 Å². The molecule has 0 aromatic carbocycles. The Hall–Kier alpha value is -2.29. The molecule has 61 heavy (non-hydrogen) atoms. The summed E-state index contributed by atoms with van der Waals surface area (Å²) in [4.78, 5) is 34.0. The number of allylic oxidation sites excluding steroid dienone is 10. The van der Waals surface area contributed by atoms with Gasteiger partial charge in [-0.15, -0.1) is 0 Å². The number of phosphoric ester groups is 1. The zero-order valence-electron chi connectivity index (χ0n) is 39.1. The van der Waals surface area contributed by atoms with E-state index in [0.717, 1.165) is 70.6 Å². The zero-order valence-corrected chi connectivity index (χ0v) is 40.0. The van der Waals surface area contributed by atoms with Crippen molar-refractivity contribution in [1.29, 1.82) is 0 Å². The van der Waals surface area contributed by atoms with Gasteiger partial charge in [-0.2, -0.15) is 0 Å². The number of aliphatic hydroxyl groups is 1. The zero-order chi connectivity index (χ0) is 44.6. The van der Waals surface area contributed by atoms with Gasteiger partial charge in [-0.1, -0.05) is 190 Å². The van der Waals surface area contributed by atoms with Crippen molar-refractivity contribution in [1.82, 2.24) is 5.32 Å². The number of hydrogen-bond acceptors (Lipinski definition) is 7. The molecule has 2 atom stereocenters. The van der Waals surface area contributed by atoms with Gasteiger partial charge in [0.05, 0.1) is 13.2 Å². The summed E-state index contributed by atoms with van der Waals surface area (Å²) in [7, 11) is -4.43. The molecule has 0 fully saturated rings. The molecule has 0 bridgehead atoms. The van der Waals surface area contributed by atoms with Crippen LogP contribution in [0.4, 0.5) is 0 Å². The van der Waals surface area contributed by atoms with Gasteiger partial charge in [0.15, 0.2) is 0 Å². The first kappa shape index (κ1) is 58.7. The molecule has 0 aromatic rings. The normalized spacial score (nSPS) is 13.7. The average molecular weight is 878 g/mol. The second-order valence-electron chi connectivity index (χ2n) is 16.4. The minimum Gasteiger partial charge on any atom is -0.463 e. The van der Waals surface area contributed by atoms with E-state index >= 15 is 0 Å². The molecule has 0 rings (SSSR count). The molecule has 0 aliphatic heterocycles. The molecule has 0 saturated heterocycles. The average Bonchev–Trinajstić information content (AvgIpc) is 3.25. The number of nitrogens with one attached hydrogen (secondary N) is 1. The summed E-state index contributed by atoms with van der Waals surface area (Å²) >= 11 is 0. The van der Waals surface area contributed by atoms with Crippen LogP contribution in [0.25, 0.3) is 0 Å². The third kappa shape index (κ3) is 48.6. The van der Waals surface area contributed by atoms with Gasteiger partial charge in [-0.05, 0) is 77.0 Å². The van der Waals surface area contributed by atoms with Crippen molar-refractivity contribution in [3.63, 3.8) is 0 Å². The van der Waals surface area contributed by atoms with Crippen LogP contribution in [0.3, 0.4) is 0 Å². The Labute approximate surface area is 374 Å². The van der Waals surface area contributed by atoms with Gasteiger partial charge < -0.3 is 20.1 Å². The van der Waals surface area contributed by atoms with Crippen LogP contribution >= 0.6 is 7.82 Å². The quantitative estimate of drug-likeness (QED) is 0.0238. The van der Waals surface area contributed by atoms with Crippen molar-refractivity contribution in [2.45, 2.75) is 225 Å². The molecule has 0 radical (unpaired) electrons. The minimum absolute atomic E-state index is 0.0743. The van der Waals surface area contributed by atoms with E-state index in [1.807, 2.05) is 0 Å². The fourth-order valence-corrected chi connectivity index (χ4v) is 7.48. The van der Waals surface area contributed by atoms with Crippen LogP contribution < -0.4 is 5.32 Å². The van der Waals surface area contributed by atoms with Crippen molar-refractivity contribution < 1.29 is 37.9 Å². The monoisotopic (exact) mass is 878 g/mol. The molecular formula is C51H92NO8P. The Kier molecular flexibility index (Phi) is 45.4. The lowest BCUT2D eigenvalue weighted by Gasteiger charge is -2.15. The lowest BCUT2D eigenvalue weighted by atomic mass is 10.0. The molecule has 0 aliphatic rings. The highest BCUT2D eigenvalue weighted by atomic mass is 31.2. The van der Waals surface area contributed by atoms with E-state index in [-0.39, 0.29) is 32.1 Å². The van der Waals surface area contributed by atoms with E-state index in [0.29, 0.717) is 6.42 Å². The van der Waals surface area contributed by atoms with Gasteiger partial charge in [0.25, 0.3) is 0 Å². The fraction of sp³-hybridized carbons (Fsp3) is 0.765. The Balaban J connectivity index is 3.57. The summed E-state index contributed by atoms with van der Waals surface area (Å²) in [5.41, 5.74) is 0. The summed E-state index contributed by atoms with van der Waals surface area (Å²) in [6.07, 6.45) is 57.3. The van der Waals surface area contributed by atoms with Crippen molar-refractivity contribution in [2.75, 3.05) is 26.4 Å². The molecule has 0 spiro atoms. The maximum absolute atomic E-state index is 12.1. The summed E-state index contributed by atoms with van der Waals surface area (Å²) in [5.74, 6) is -0.526. The Morgan fingerprint density at radius 3 is 1.41 bits per heavy atom. The first-order chi connectivity index (χ1) is 29.8. The summed E-state index contributed by atoms with van der Waals surface area (Å²) < 4.78 is 27.0. The van der Waals surface area contributed by atoms with Crippen LogP contribution in [0.2, 0.25) is 0 Å². The van der Waals surface area contributed by atoms with Crippen molar-refractivity contribution >= 4 is 19.7 Å². The van der Waals surface area contributed by atoms with Crippen molar-refractivity contribution in [2.24, 2.45) is 0 Å². The third-order valence-electron chi connectivity index (χ3n) is 10.4. The number of carbonyl (C=O) groups excluding carboxylic acids is 2. The summed E-state index contributed by atoms with van der Waals surface area (Å²) in [5, 5.41) is 12.7. The van der Waals surface area contributed by atoms with E-state index in [1.165, 1.54) is 122 Å². The molecule has 10 heteroatoms. The Bertz CT molecular complexity index is 1180. The van der Waals surface area contributed by atoms with Crippen LogP contribution in [0.5, 0.6) is 0 Å². The van der Waals surface area contributed by atoms with E-state index in [1.54, 1.807) is 0 Å². The maximum atomic E-state index is 12.1. The third-order valence-corrected chi connectivity index (χ3v) is 11.4. The van der Waals surface area contributed by atoms with Gasteiger partial charge in [0, 0.05) is 19.4 Å². The lowest BCUT2D eigenvalue weighted by molar-refractivity contribution is -0.147. The lowest BCUT2D eigenvalue weighted by Crippen LogP contribution is -2.27. The highest BCUT2D eigenvalue weighted by molar-refractivity contribution is 7.47. The SMILES string of the molecule is CC/C=C\C/C=C\C/C=C\CCCCCCCCCC(=O)NCCOP(=O)(O)OCC(O)COC(=O)CCCCCCCCCCCCCCC/C=C\C/C=C\CCCCC. The molecule has 0 aliphatic carbocycles. The largest absolute Gasteiger partial charge is 0.472 e. The summed E-state index contributed by atoms with van der Waals surface area (Å²) in [6, 6.07) is 0. The molecule has 0 heterocycles. The predicted octanol–water partition coefficient (Wildman–Crippen LogP) is 14.4. The van der Waals surface area contributed by atoms with Crippen LogP contribution in [-0.2, 0) is 27.9 Å². The van der Waals surface area contributed by atoms with Crippen molar-refractivity contribution in [3.05, 3.63) is 60.8 Å². The number of amides is 1. The smallest absolute Gasteiger partial charge is 0.463 e. The second-order valence-corrected chi connectivity index (χ2v) is 17.9. The van der Waals surface area contributed by atoms with Crippen LogP contribution in [-0.4, -0.2) is 54.3 Å². The number of esters is 1. The number of ether oxygens (including phenoxy) is 1. The number of hydrogen-bond donors (Lipinski definition) is 3. The molecule has 0 saturated carbocycles. The Morgan fingerprint density at radius 2 is 0.934 bits per heavy atom. The first-order valence-corrected chi connectivity index (χ1v) is 26.3. The molecule has 3 N–H and O–H groups in total. The van der Waals surface area contributed by atoms with Gasteiger partial charge >= 0.3 is 13.8 Å². The fourth-order valence-electron chi connectivity index (χ4n) is 6.72. The van der Waals surface area contributed by atoms with Crippen LogP contribution in [0.1, 0.15) is 219 Å². The highest BCUT2D eigenvalue weighted by Gasteiger charge is 2.23. The topological polar surface area (TPSA) is 131 Å². The minimum atomic E-state index is -4.43. The number of unbranched alkanes of at least 4 members (excludes halogenated alkanes) is 23. The van der Waals surface area contributed by atoms with Gasteiger partial charge in [0.2, 0.25) is 5.91 Å². The van der Waals surface area contributed by atoms with E-state index in [9.17, 15) is 24.2 Å². The number of phosphoric acid groups is 1. The van der Waals surface area contributed by atoms with Crippen molar-refractivity contribution in [3.8, 4) is 0 Å². The molecular weight excluding hydrogens is 786 g/mol. The number of aliphatic hydroxyl groups excluding tert-OH is 1. The molecule has 0 aromatic heterocycles. The predicted molar refractivity (Wildman–Crippen MR) is 256 cm³/mol. The maximum Gasteiger partial charge on any atom is 0.472 e. The second kappa shape index (κ2) is 47.2. The first-order valence-electron chi connectivity index (χ1n) is 24.8. The van der Waals surface area contributed by atoms with Crippen LogP contribution in [0, 0.1) is 0 Å². The summed E-state index contributed by atoms with van der Waals surface area (Å²) in [6.45, 7) is 3.42. The Morgan fingerprint density at radius 1 is 0.525 bits per heavy atom. The van der Waals surface area contributed by atoms with E-state index in [4.69, 9.17) is 13.8 Å². The highest BCUT2D eigenvalue weighted by Crippen LogP contribution is 2.42. The van der Waals surface area contributed by atoms with Gasteiger partial charge in [0.1, 0.15) is 12.7 Å². The van der Waals surface area contributed by atoms with Gasteiger partial charge in [-0.25, -0.2) is 4.57 Å². The van der Waals surface area contributed by atoms with E-state index in [2.05, 4.69) is 79.9 Å². The van der Waals surface area contributed by atoms with Gasteiger partial charge in [-0.3, -0.25) is 18.6 Å². The van der Waals surface area contributed by atoms with E-state index < -0.39 is 26.5 Å². The molecule has 2 unspecified atom stereocenters. The molecule has 1 amide bonds. The molecule has 354 valence electrons. The molecule has 9 nitrogen and oxygen atoms in total.